The van der Waals surface area contributed by atoms with E-state index < -0.39 is 11.5 Å². The summed E-state index contributed by atoms with van der Waals surface area (Å²) in [6.45, 7) is 3.53. The Balaban J connectivity index is 2.50. The minimum atomic E-state index is -1.14. The lowest BCUT2D eigenvalue weighted by Crippen LogP contribution is -2.43. The average Bonchev–Trinajstić information content (AvgIpc) is 2.46. The third-order valence-electron chi connectivity index (χ3n) is 3.46. The van der Waals surface area contributed by atoms with Gasteiger partial charge in [0, 0.05) is 5.39 Å². The third-order valence-corrected chi connectivity index (χ3v) is 3.46. The van der Waals surface area contributed by atoms with Gasteiger partial charge in [-0.2, -0.15) is 5.26 Å². The Kier molecular flexibility index (Phi) is 4.08. The Hall–Kier alpha value is -2.61. The smallest absolute Gasteiger partial charge is 0.329 e. The highest BCUT2D eigenvalue weighted by Gasteiger charge is 2.33. The van der Waals surface area contributed by atoms with Crippen LogP contribution in [0.1, 0.15) is 32.3 Å². The minimum Gasteiger partial charge on any atom is -0.480 e. The van der Waals surface area contributed by atoms with Gasteiger partial charge in [0.15, 0.2) is 0 Å². The molecule has 1 unspecified atom stereocenters. The fourth-order valence-corrected chi connectivity index (χ4v) is 2.28. The molecule has 0 saturated heterocycles. The molecule has 5 nitrogen and oxygen atoms in total. The van der Waals surface area contributed by atoms with Gasteiger partial charge in [0.2, 0.25) is 0 Å². The normalized spacial score (nSPS) is 13.4. The fraction of sp³-hybridized carbons (Fsp3) is 0.312. The Morgan fingerprint density at radius 2 is 2.19 bits per heavy atom. The molecule has 1 heterocycles. The van der Waals surface area contributed by atoms with Gasteiger partial charge in [0.25, 0.3) is 0 Å². The van der Waals surface area contributed by atoms with Gasteiger partial charge in [0.05, 0.1) is 11.1 Å². The topological polar surface area (TPSA) is 86.0 Å². The standard InChI is InChI=1S/C16H17N3O2/c1-3-8-16(2,15(20)21)19-14-12(10-17)9-11-6-4-5-7-13(11)18-14/h4-7,9H,3,8H2,1-2H3,(H,18,19)(H,20,21). The highest BCUT2D eigenvalue weighted by atomic mass is 16.4. The maximum absolute atomic E-state index is 11.5. The van der Waals surface area contributed by atoms with Crippen LogP contribution in [-0.4, -0.2) is 21.6 Å². The fourth-order valence-electron chi connectivity index (χ4n) is 2.28. The van der Waals surface area contributed by atoms with Crippen molar-refractivity contribution in [3.8, 4) is 6.07 Å². The van der Waals surface area contributed by atoms with Crippen molar-refractivity contribution in [2.45, 2.75) is 32.2 Å². The molecule has 108 valence electrons. The number of carbonyl (C=O) groups is 1. The van der Waals surface area contributed by atoms with Gasteiger partial charge < -0.3 is 10.4 Å². The molecule has 2 N–H and O–H groups in total. The zero-order valence-corrected chi connectivity index (χ0v) is 12.1. The van der Waals surface area contributed by atoms with E-state index >= 15 is 0 Å². The van der Waals surface area contributed by atoms with Crippen molar-refractivity contribution in [3.63, 3.8) is 0 Å². The van der Waals surface area contributed by atoms with Crippen LogP contribution < -0.4 is 5.32 Å². The number of carboxylic acid groups (broad SMARTS) is 1. The van der Waals surface area contributed by atoms with E-state index in [2.05, 4.69) is 16.4 Å². The van der Waals surface area contributed by atoms with Gasteiger partial charge in [-0.3, -0.25) is 0 Å². The molecular weight excluding hydrogens is 266 g/mol. The lowest BCUT2D eigenvalue weighted by molar-refractivity contribution is -0.142. The molecule has 0 bridgehead atoms. The van der Waals surface area contributed by atoms with E-state index in [0.29, 0.717) is 24.2 Å². The number of aliphatic carboxylic acids is 1. The second-order valence-electron chi connectivity index (χ2n) is 5.20. The number of fused-ring (bicyclic) bond motifs is 1. The summed E-state index contributed by atoms with van der Waals surface area (Å²) in [6.07, 6.45) is 1.16. The number of nitriles is 1. The highest BCUT2D eigenvalue weighted by molar-refractivity contribution is 5.86. The summed E-state index contributed by atoms with van der Waals surface area (Å²) in [5, 5.41) is 22.5. The summed E-state index contributed by atoms with van der Waals surface area (Å²) in [7, 11) is 0. The molecule has 0 aliphatic rings. The van der Waals surface area contributed by atoms with Crippen LogP contribution in [0.5, 0.6) is 0 Å². The van der Waals surface area contributed by atoms with Gasteiger partial charge in [-0.15, -0.1) is 0 Å². The van der Waals surface area contributed by atoms with E-state index in [1.165, 1.54) is 0 Å². The van der Waals surface area contributed by atoms with Crippen molar-refractivity contribution in [2.75, 3.05) is 5.32 Å². The van der Waals surface area contributed by atoms with E-state index in [9.17, 15) is 15.2 Å². The van der Waals surface area contributed by atoms with Crippen LogP contribution in [0.2, 0.25) is 0 Å². The van der Waals surface area contributed by atoms with Crippen LogP contribution in [0.3, 0.4) is 0 Å². The largest absolute Gasteiger partial charge is 0.480 e. The Bertz CT molecular complexity index is 721. The first-order chi connectivity index (χ1) is 10.00. The van der Waals surface area contributed by atoms with E-state index in [0.717, 1.165) is 10.9 Å². The molecule has 0 amide bonds. The van der Waals surface area contributed by atoms with Gasteiger partial charge >= 0.3 is 5.97 Å². The molecule has 0 aliphatic carbocycles. The number of rotatable bonds is 5. The zero-order chi connectivity index (χ0) is 15.5. The number of para-hydroxylation sites is 1. The summed E-state index contributed by atoms with van der Waals surface area (Å²) >= 11 is 0. The summed E-state index contributed by atoms with van der Waals surface area (Å²) in [4.78, 5) is 15.9. The number of hydrogen-bond acceptors (Lipinski definition) is 4. The highest BCUT2D eigenvalue weighted by Crippen LogP contribution is 2.25. The summed E-state index contributed by atoms with van der Waals surface area (Å²) in [6, 6.07) is 11.2. The maximum atomic E-state index is 11.5. The Morgan fingerprint density at radius 3 is 2.81 bits per heavy atom. The molecule has 21 heavy (non-hydrogen) atoms. The van der Waals surface area contributed by atoms with Gasteiger partial charge in [-0.05, 0) is 25.5 Å². The second kappa shape index (κ2) is 5.80. The number of benzene rings is 1. The summed E-state index contributed by atoms with van der Waals surface area (Å²) < 4.78 is 0. The van der Waals surface area contributed by atoms with Crippen LogP contribution in [0.25, 0.3) is 10.9 Å². The predicted octanol–water partition coefficient (Wildman–Crippen LogP) is 3.16. The Labute approximate surface area is 123 Å². The second-order valence-corrected chi connectivity index (χ2v) is 5.20. The van der Waals surface area contributed by atoms with Gasteiger partial charge in [0.1, 0.15) is 17.4 Å². The number of nitrogens with one attached hydrogen (secondary N) is 1. The molecule has 5 heteroatoms. The molecule has 0 radical (unpaired) electrons. The van der Waals surface area contributed by atoms with Crippen LogP contribution >= 0.6 is 0 Å². The van der Waals surface area contributed by atoms with E-state index in [4.69, 9.17) is 0 Å². The van der Waals surface area contributed by atoms with E-state index in [1.54, 1.807) is 13.0 Å². The van der Waals surface area contributed by atoms with Crippen molar-refractivity contribution in [1.29, 1.82) is 5.26 Å². The third kappa shape index (κ3) is 2.95. The first kappa shape index (κ1) is 14.8. The van der Waals surface area contributed by atoms with Crippen molar-refractivity contribution in [3.05, 3.63) is 35.9 Å². The number of anilines is 1. The van der Waals surface area contributed by atoms with E-state index in [-0.39, 0.29) is 0 Å². The quantitative estimate of drug-likeness (QED) is 0.880. The molecule has 1 aromatic carbocycles. The number of carboxylic acids is 1. The number of hydrogen-bond donors (Lipinski definition) is 2. The van der Waals surface area contributed by atoms with Crippen molar-refractivity contribution < 1.29 is 9.90 Å². The van der Waals surface area contributed by atoms with Gasteiger partial charge in [-0.25, -0.2) is 9.78 Å². The molecule has 1 atom stereocenters. The van der Waals surface area contributed by atoms with Crippen LogP contribution in [0.15, 0.2) is 30.3 Å². The van der Waals surface area contributed by atoms with Crippen LogP contribution in [0.4, 0.5) is 5.82 Å². The maximum Gasteiger partial charge on any atom is 0.329 e. The molecule has 0 aliphatic heterocycles. The molecule has 1 aromatic heterocycles. The van der Waals surface area contributed by atoms with Gasteiger partial charge in [-0.1, -0.05) is 31.5 Å². The molecular formula is C16H17N3O2. The monoisotopic (exact) mass is 283 g/mol. The summed E-state index contributed by atoms with van der Waals surface area (Å²) in [5.74, 6) is -0.641. The number of aromatic nitrogens is 1. The lowest BCUT2D eigenvalue weighted by atomic mass is 9.96. The van der Waals surface area contributed by atoms with Crippen molar-refractivity contribution >= 4 is 22.7 Å². The lowest BCUT2D eigenvalue weighted by Gasteiger charge is -2.27. The first-order valence-corrected chi connectivity index (χ1v) is 6.81. The average molecular weight is 283 g/mol. The van der Waals surface area contributed by atoms with Crippen molar-refractivity contribution in [2.24, 2.45) is 0 Å². The molecule has 2 rings (SSSR count). The first-order valence-electron chi connectivity index (χ1n) is 6.81. The minimum absolute atomic E-state index is 0.314. The number of pyridine rings is 1. The zero-order valence-electron chi connectivity index (χ0n) is 12.1. The van der Waals surface area contributed by atoms with E-state index in [1.807, 2.05) is 31.2 Å². The molecule has 0 fully saturated rings. The SMILES string of the molecule is CCCC(C)(Nc1nc2ccccc2cc1C#N)C(=O)O. The molecule has 0 saturated carbocycles. The molecule has 0 spiro atoms. The van der Waals surface area contributed by atoms with Crippen LogP contribution in [-0.2, 0) is 4.79 Å². The summed E-state index contributed by atoms with van der Waals surface area (Å²) in [5.41, 5.74) is -0.0731. The van der Waals surface area contributed by atoms with Crippen LogP contribution in [0, 0.1) is 11.3 Å². The van der Waals surface area contributed by atoms with Crippen molar-refractivity contribution in [1.82, 2.24) is 4.98 Å². The Morgan fingerprint density at radius 1 is 1.48 bits per heavy atom. The molecule has 2 aromatic rings. The number of nitrogens with zero attached hydrogens (tertiary/aromatic N) is 2. The predicted molar refractivity (Wildman–Crippen MR) is 81.0 cm³/mol.